The number of piperidine rings is 1. The number of nitrogens with zero attached hydrogens (tertiary/aromatic N) is 2. The Morgan fingerprint density at radius 2 is 1.62 bits per heavy atom. The lowest BCUT2D eigenvalue weighted by molar-refractivity contribution is -0.166. The number of likely N-dealkylation sites (tertiary alicyclic amines) is 1. The molecule has 2 aliphatic heterocycles. The van der Waals surface area contributed by atoms with Crippen LogP contribution in [0.25, 0.3) is 0 Å². The van der Waals surface area contributed by atoms with Gasteiger partial charge in [0.05, 0.1) is 6.10 Å². The molecule has 2 aromatic rings. The van der Waals surface area contributed by atoms with Crippen LogP contribution in [0.4, 0.5) is 0 Å². The topological polar surface area (TPSA) is 82.1 Å². The van der Waals surface area contributed by atoms with E-state index in [0.717, 1.165) is 69.7 Å². The minimum absolute atomic E-state index is 0.0786. The van der Waals surface area contributed by atoms with Crippen molar-refractivity contribution in [1.29, 1.82) is 0 Å². The molecular formula is C32H42ClN3O4. The van der Waals surface area contributed by atoms with Crippen LogP contribution in [0.1, 0.15) is 70.3 Å². The van der Waals surface area contributed by atoms with Crippen LogP contribution in [-0.2, 0) is 16.1 Å². The van der Waals surface area contributed by atoms with Crippen molar-refractivity contribution in [3.05, 3.63) is 59.1 Å². The fraction of sp³-hybridized carbons (Fsp3) is 0.562. The molecule has 2 saturated heterocycles. The SMILES string of the molecule is CCCCN1C(=O)[C@@H]([C@H](O)C2CCCCC2)NC(=O)C12CCN(Cc1ccc(Oc3ccc(Cl)cc3)cc1)CC2. The van der Waals surface area contributed by atoms with Crippen LogP contribution in [0, 0.1) is 5.92 Å². The molecule has 0 bridgehead atoms. The van der Waals surface area contributed by atoms with Crippen molar-refractivity contribution in [2.45, 2.75) is 88.9 Å². The molecule has 0 aromatic heterocycles. The molecule has 216 valence electrons. The third kappa shape index (κ3) is 6.32. The van der Waals surface area contributed by atoms with E-state index < -0.39 is 17.7 Å². The van der Waals surface area contributed by atoms with Gasteiger partial charge in [0.15, 0.2) is 0 Å². The molecule has 7 nitrogen and oxygen atoms in total. The summed E-state index contributed by atoms with van der Waals surface area (Å²) in [6.45, 7) is 4.88. The van der Waals surface area contributed by atoms with Gasteiger partial charge < -0.3 is 20.1 Å². The molecule has 1 saturated carbocycles. The van der Waals surface area contributed by atoms with E-state index in [0.29, 0.717) is 24.4 Å². The number of aliphatic hydroxyl groups is 1. The summed E-state index contributed by atoms with van der Waals surface area (Å²) in [5, 5.41) is 14.8. The number of aliphatic hydroxyl groups excluding tert-OH is 1. The number of hydrogen-bond donors (Lipinski definition) is 2. The number of amides is 2. The van der Waals surface area contributed by atoms with Crippen molar-refractivity contribution >= 4 is 23.4 Å². The number of unbranched alkanes of at least 4 members (excludes halogenated alkanes) is 1. The lowest BCUT2D eigenvalue weighted by Crippen LogP contribution is -2.75. The van der Waals surface area contributed by atoms with Gasteiger partial charge in [-0.1, -0.05) is 56.3 Å². The second-order valence-electron chi connectivity index (χ2n) is 11.7. The quantitative estimate of drug-likeness (QED) is 0.416. The molecule has 3 fully saturated rings. The van der Waals surface area contributed by atoms with Gasteiger partial charge >= 0.3 is 0 Å². The van der Waals surface area contributed by atoms with Crippen LogP contribution in [0.15, 0.2) is 48.5 Å². The van der Waals surface area contributed by atoms with E-state index in [1.165, 1.54) is 12.0 Å². The average Bonchev–Trinajstić information content (AvgIpc) is 2.98. The Balaban J connectivity index is 1.21. The molecular weight excluding hydrogens is 526 g/mol. The monoisotopic (exact) mass is 567 g/mol. The molecule has 40 heavy (non-hydrogen) atoms. The average molecular weight is 568 g/mol. The first kappa shape index (κ1) is 28.9. The smallest absolute Gasteiger partial charge is 0.248 e. The number of piperazine rings is 1. The van der Waals surface area contributed by atoms with E-state index in [4.69, 9.17) is 16.3 Å². The minimum atomic E-state index is -0.832. The normalized spacial score (nSPS) is 22.8. The molecule has 0 radical (unpaired) electrons. The highest BCUT2D eigenvalue weighted by atomic mass is 35.5. The van der Waals surface area contributed by atoms with E-state index in [9.17, 15) is 14.7 Å². The van der Waals surface area contributed by atoms with Crippen molar-refractivity contribution < 1.29 is 19.4 Å². The van der Waals surface area contributed by atoms with Crippen molar-refractivity contribution in [2.24, 2.45) is 5.92 Å². The number of carbonyl (C=O) groups is 2. The van der Waals surface area contributed by atoms with Crippen LogP contribution >= 0.6 is 11.6 Å². The van der Waals surface area contributed by atoms with Gasteiger partial charge in [-0.15, -0.1) is 0 Å². The van der Waals surface area contributed by atoms with Gasteiger partial charge in [-0.2, -0.15) is 0 Å². The summed E-state index contributed by atoms with van der Waals surface area (Å²) in [6, 6.07) is 14.5. The third-order valence-electron chi connectivity index (χ3n) is 9.03. The molecule has 0 unspecified atom stereocenters. The molecule has 3 aliphatic rings. The van der Waals surface area contributed by atoms with Gasteiger partial charge in [-0.25, -0.2) is 0 Å². The van der Waals surface area contributed by atoms with Crippen LogP contribution < -0.4 is 10.1 Å². The molecule has 2 heterocycles. The van der Waals surface area contributed by atoms with E-state index in [1.807, 2.05) is 29.2 Å². The summed E-state index contributed by atoms with van der Waals surface area (Å²) < 4.78 is 5.91. The number of nitrogens with one attached hydrogen (secondary N) is 1. The van der Waals surface area contributed by atoms with E-state index in [1.54, 1.807) is 12.1 Å². The zero-order chi connectivity index (χ0) is 28.1. The Labute approximate surface area is 242 Å². The Morgan fingerprint density at radius 3 is 2.25 bits per heavy atom. The summed E-state index contributed by atoms with van der Waals surface area (Å²) >= 11 is 5.96. The van der Waals surface area contributed by atoms with Gasteiger partial charge in [0.1, 0.15) is 23.1 Å². The first-order valence-electron chi connectivity index (χ1n) is 14.9. The fourth-order valence-corrected chi connectivity index (χ4v) is 6.72. The second-order valence-corrected chi connectivity index (χ2v) is 12.1. The first-order chi connectivity index (χ1) is 19.4. The maximum atomic E-state index is 13.8. The summed E-state index contributed by atoms with van der Waals surface area (Å²) in [4.78, 5) is 31.7. The van der Waals surface area contributed by atoms with Gasteiger partial charge in [0, 0.05) is 31.2 Å². The summed E-state index contributed by atoms with van der Waals surface area (Å²) in [6.07, 6.45) is 7.34. The van der Waals surface area contributed by atoms with Crippen LogP contribution in [0.5, 0.6) is 11.5 Å². The Kier molecular flexibility index (Phi) is 9.34. The van der Waals surface area contributed by atoms with Gasteiger partial charge in [-0.05, 0) is 80.0 Å². The van der Waals surface area contributed by atoms with Gasteiger partial charge in [0.2, 0.25) is 11.8 Å². The maximum Gasteiger partial charge on any atom is 0.248 e. The van der Waals surface area contributed by atoms with Gasteiger partial charge in [-0.3, -0.25) is 14.5 Å². The largest absolute Gasteiger partial charge is 0.457 e. The van der Waals surface area contributed by atoms with E-state index in [2.05, 4.69) is 29.3 Å². The van der Waals surface area contributed by atoms with Crippen molar-refractivity contribution in [2.75, 3.05) is 19.6 Å². The van der Waals surface area contributed by atoms with Crippen molar-refractivity contribution in [1.82, 2.24) is 15.1 Å². The van der Waals surface area contributed by atoms with Crippen LogP contribution in [0.2, 0.25) is 5.02 Å². The molecule has 2 amide bonds. The van der Waals surface area contributed by atoms with Crippen molar-refractivity contribution in [3.63, 3.8) is 0 Å². The number of benzene rings is 2. The van der Waals surface area contributed by atoms with Crippen LogP contribution in [-0.4, -0.2) is 64.0 Å². The molecule has 5 rings (SSSR count). The highest BCUT2D eigenvalue weighted by molar-refractivity contribution is 6.30. The molecule has 1 spiro atoms. The molecule has 2 aromatic carbocycles. The Morgan fingerprint density at radius 1 is 1.00 bits per heavy atom. The highest BCUT2D eigenvalue weighted by Crippen LogP contribution is 2.36. The predicted molar refractivity (Wildman–Crippen MR) is 156 cm³/mol. The first-order valence-corrected chi connectivity index (χ1v) is 15.3. The number of hydrogen-bond acceptors (Lipinski definition) is 5. The Bertz CT molecular complexity index is 1140. The minimum Gasteiger partial charge on any atom is -0.457 e. The lowest BCUT2D eigenvalue weighted by atomic mass is 9.78. The summed E-state index contributed by atoms with van der Waals surface area (Å²) in [7, 11) is 0. The van der Waals surface area contributed by atoms with E-state index in [-0.39, 0.29) is 17.7 Å². The van der Waals surface area contributed by atoms with Gasteiger partial charge in [0.25, 0.3) is 0 Å². The second kappa shape index (κ2) is 12.9. The molecule has 1 aliphatic carbocycles. The zero-order valence-electron chi connectivity index (χ0n) is 23.5. The fourth-order valence-electron chi connectivity index (χ4n) is 6.60. The zero-order valence-corrected chi connectivity index (χ0v) is 24.2. The standard InChI is InChI=1S/C32H42ClN3O4/c1-2-3-19-36-30(38)28(29(37)24-7-5-4-6-8-24)34-31(39)32(36)17-20-35(21-18-32)22-23-9-13-26(14-10-23)40-27-15-11-25(33)12-16-27/h9-16,24,28-29,37H,2-8,17-22H2,1H3,(H,34,39)/t28-,29-/m1/s1. The number of rotatable bonds is 9. The summed E-state index contributed by atoms with van der Waals surface area (Å²) in [5.74, 6) is 1.38. The van der Waals surface area contributed by atoms with Crippen LogP contribution in [0.3, 0.4) is 0 Å². The summed E-state index contributed by atoms with van der Waals surface area (Å²) in [5.41, 5.74) is 0.337. The molecule has 2 atom stereocenters. The number of carbonyl (C=O) groups excluding carboxylic acids is 2. The van der Waals surface area contributed by atoms with E-state index >= 15 is 0 Å². The lowest BCUT2D eigenvalue weighted by Gasteiger charge is -2.52. The predicted octanol–water partition coefficient (Wildman–Crippen LogP) is 5.54. The van der Waals surface area contributed by atoms with Crippen molar-refractivity contribution in [3.8, 4) is 11.5 Å². The highest BCUT2D eigenvalue weighted by Gasteiger charge is 2.55. The number of ether oxygens (including phenoxy) is 1. The molecule has 2 N–H and O–H groups in total. The Hall–Kier alpha value is -2.61. The number of halogens is 1. The maximum absolute atomic E-state index is 13.8. The third-order valence-corrected chi connectivity index (χ3v) is 9.28. The molecule has 8 heteroatoms.